The van der Waals surface area contributed by atoms with E-state index in [9.17, 15) is 43.2 Å². The number of aliphatic hydroxyl groups is 1. The first-order valence-electron chi connectivity index (χ1n) is 38.4. The number of rotatable bonds is 72. The van der Waals surface area contributed by atoms with Gasteiger partial charge in [0.15, 0.2) is 12.2 Å². The number of hydrogen-bond donors (Lipinski definition) is 3. The molecule has 93 heavy (non-hydrogen) atoms. The maximum atomic E-state index is 13.1. The molecule has 552 valence electrons. The molecule has 0 radical (unpaired) electrons. The van der Waals surface area contributed by atoms with Crippen LogP contribution in [0, 0.1) is 17.8 Å². The molecule has 3 unspecified atom stereocenters. The third-order valence-electron chi connectivity index (χ3n) is 17.5. The van der Waals surface area contributed by atoms with Gasteiger partial charge in [0.25, 0.3) is 0 Å². The largest absolute Gasteiger partial charge is 0.472 e. The molecule has 0 saturated heterocycles. The molecular weight excluding hydrogens is 1220 g/mol. The predicted octanol–water partition coefficient (Wildman–Crippen LogP) is 21.4. The highest BCUT2D eigenvalue weighted by molar-refractivity contribution is 7.47. The van der Waals surface area contributed by atoms with Crippen molar-refractivity contribution < 1.29 is 80.2 Å². The summed E-state index contributed by atoms with van der Waals surface area (Å²) >= 11 is 0. The van der Waals surface area contributed by atoms with Crippen LogP contribution in [0.15, 0.2) is 0 Å². The van der Waals surface area contributed by atoms with Crippen molar-refractivity contribution in [2.75, 3.05) is 39.6 Å². The number of esters is 4. The second-order valence-corrected chi connectivity index (χ2v) is 30.8. The monoisotopic (exact) mass is 1370 g/mol. The van der Waals surface area contributed by atoms with Gasteiger partial charge in [-0.1, -0.05) is 325 Å². The molecule has 0 fully saturated rings. The maximum Gasteiger partial charge on any atom is 0.472 e. The fourth-order valence-electron chi connectivity index (χ4n) is 11.2. The van der Waals surface area contributed by atoms with E-state index in [-0.39, 0.29) is 25.7 Å². The number of aliphatic hydroxyl groups excluding tert-OH is 1. The fourth-order valence-corrected chi connectivity index (χ4v) is 12.8. The molecule has 0 aliphatic carbocycles. The lowest BCUT2D eigenvalue weighted by molar-refractivity contribution is -0.161. The Balaban J connectivity index is 5.25. The number of ether oxygens (including phenoxy) is 4. The smallest absolute Gasteiger partial charge is 0.462 e. The minimum absolute atomic E-state index is 0.105. The summed E-state index contributed by atoms with van der Waals surface area (Å²) in [6.07, 6.45) is 50.0. The second kappa shape index (κ2) is 64.7. The van der Waals surface area contributed by atoms with Crippen molar-refractivity contribution in [1.82, 2.24) is 0 Å². The number of unbranched alkanes of at least 4 members (excludes halogenated alkanes) is 39. The van der Waals surface area contributed by atoms with Crippen LogP contribution in [0.5, 0.6) is 0 Å². The summed E-state index contributed by atoms with van der Waals surface area (Å²) < 4.78 is 68.5. The van der Waals surface area contributed by atoms with Gasteiger partial charge >= 0.3 is 39.5 Å². The SMILES string of the molecule is CCCCCCCCCCCCCCCCCCCC(=O)O[C@H](COC(=O)CCCCCCCCCCCCC(C)C)COP(=O)(O)OC[C@@H](O)COP(=O)(O)OC[C@@H](COC(=O)CCCCCCCCC(C)CC)OC(=O)CCCCCCCCCCCCC(C)C. The van der Waals surface area contributed by atoms with Crippen molar-refractivity contribution in [3.05, 3.63) is 0 Å². The average molecular weight is 1370 g/mol. The summed E-state index contributed by atoms with van der Waals surface area (Å²) in [5.74, 6) is 0.120. The third kappa shape index (κ3) is 67.0. The Bertz CT molecular complexity index is 1820. The summed E-state index contributed by atoms with van der Waals surface area (Å²) in [4.78, 5) is 72.7. The lowest BCUT2D eigenvalue weighted by atomic mass is 10.00. The topological polar surface area (TPSA) is 237 Å². The average Bonchev–Trinajstić information content (AvgIpc) is 2.96. The number of carbonyl (C=O) groups is 4. The number of phosphoric ester groups is 2. The van der Waals surface area contributed by atoms with Gasteiger partial charge in [0, 0.05) is 25.7 Å². The van der Waals surface area contributed by atoms with Gasteiger partial charge in [0.2, 0.25) is 0 Å². The maximum absolute atomic E-state index is 13.1. The first-order chi connectivity index (χ1) is 44.8. The summed E-state index contributed by atoms with van der Waals surface area (Å²) in [7, 11) is -9.91. The Labute approximate surface area is 568 Å². The number of phosphoric acid groups is 2. The molecule has 0 spiro atoms. The Morgan fingerprint density at radius 3 is 0.817 bits per heavy atom. The highest BCUT2D eigenvalue weighted by Gasteiger charge is 2.30. The van der Waals surface area contributed by atoms with Gasteiger partial charge in [-0.15, -0.1) is 0 Å². The molecule has 0 aromatic rings. The van der Waals surface area contributed by atoms with E-state index in [1.54, 1.807) is 0 Å². The zero-order valence-corrected chi connectivity index (χ0v) is 62.5. The Morgan fingerprint density at radius 2 is 0.548 bits per heavy atom. The lowest BCUT2D eigenvalue weighted by Gasteiger charge is -2.21. The van der Waals surface area contributed by atoms with Crippen LogP contribution in [0.4, 0.5) is 0 Å². The molecule has 17 nitrogen and oxygen atoms in total. The van der Waals surface area contributed by atoms with Gasteiger partial charge in [-0.25, -0.2) is 9.13 Å². The zero-order chi connectivity index (χ0) is 68.7. The van der Waals surface area contributed by atoms with Gasteiger partial charge in [0.1, 0.15) is 19.3 Å². The molecule has 0 aromatic carbocycles. The standard InChI is InChI=1S/C74H144O17P2/c1-8-10-11-12-13-14-15-16-17-18-19-20-21-29-34-43-50-57-73(78)90-69(61-84-71(76)55-48-41-33-28-24-22-26-31-38-45-52-65(3)4)63-88-92(80,81)86-59-68(75)60-87-93(82,83)89-64-70(62-85-72(77)56-49-42-37-36-40-47-54-67(7)9-2)91-74(79)58-51-44-35-30-25-23-27-32-39-46-53-66(5)6/h65-70,75H,8-64H2,1-7H3,(H,80,81)(H,82,83)/t67?,68-,69-,70-/m1/s1. The fraction of sp³-hybridized carbons (Fsp3) is 0.946. The molecule has 19 heteroatoms. The number of carbonyl (C=O) groups excluding carboxylic acids is 4. The van der Waals surface area contributed by atoms with Crippen LogP contribution < -0.4 is 0 Å². The van der Waals surface area contributed by atoms with Crippen LogP contribution in [0.2, 0.25) is 0 Å². The van der Waals surface area contributed by atoms with Crippen LogP contribution in [-0.4, -0.2) is 96.7 Å². The third-order valence-corrected chi connectivity index (χ3v) is 19.4. The minimum atomic E-state index is -4.96. The van der Waals surface area contributed by atoms with Crippen LogP contribution in [0.1, 0.15) is 376 Å². The Kier molecular flexibility index (Phi) is 63.4. The van der Waals surface area contributed by atoms with Gasteiger partial charge in [0.05, 0.1) is 26.4 Å². The van der Waals surface area contributed by atoms with Crippen LogP contribution in [-0.2, 0) is 65.4 Å². The summed E-state index contributed by atoms with van der Waals surface area (Å²) in [6.45, 7) is 11.8. The van der Waals surface area contributed by atoms with E-state index in [0.717, 1.165) is 114 Å². The number of hydrogen-bond acceptors (Lipinski definition) is 15. The molecular formula is C74H144O17P2. The van der Waals surface area contributed by atoms with E-state index in [0.29, 0.717) is 25.7 Å². The lowest BCUT2D eigenvalue weighted by Crippen LogP contribution is -2.30. The minimum Gasteiger partial charge on any atom is -0.462 e. The Morgan fingerprint density at radius 1 is 0.312 bits per heavy atom. The van der Waals surface area contributed by atoms with Gasteiger partial charge in [-0.05, 0) is 43.4 Å². The van der Waals surface area contributed by atoms with E-state index in [1.165, 1.54) is 180 Å². The normalized spacial score (nSPS) is 14.4. The van der Waals surface area contributed by atoms with Crippen molar-refractivity contribution in [2.45, 2.75) is 394 Å². The van der Waals surface area contributed by atoms with Crippen molar-refractivity contribution in [3.63, 3.8) is 0 Å². The predicted molar refractivity (Wildman–Crippen MR) is 377 cm³/mol. The van der Waals surface area contributed by atoms with Gasteiger partial charge < -0.3 is 33.8 Å². The highest BCUT2D eigenvalue weighted by Crippen LogP contribution is 2.45. The molecule has 6 atom stereocenters. The molecule has 0 aromatic heterocycles. The first-order valence-corrected chi connectivity index (χ1v) is 41.4. The van der Waals surface area contributed by atoms with Crippen LogP contribution in [0.3, 0.4) is 0 Å². The molecule has 0 aliphatic heterocycles. The van der Waals surface area contributed by atoms with Crippen molar-refractivity contribution in [1.29, 1.82) is 0 Å². The van der Waals surface area contributed by atoms with Crippen molar-refractivity contribution in [3.8, 4) is 0 Å². The molecule has 0 heterocycles. The van der Waals surface area contributed by atoms with E-state index in [1.807, 2.05) is 0 Å². The first kappa shape index (κ1) is 91.1. The summed E-state index contributed by atoms with van der Waals surface area (Å²) in [5.41, 5.74) is 0. The van der Waals surface area contributed by atoms with E-state index in [4.69, 9.17) is 37.0 Å². The molecule has 0 bridgehead atoms. The van der Waals surface area contributed by atoms with Crippen LogP contribution >= 0.6 is 15.6 Å². The highest BCUT2D eigenvalue weighted by atomic mass is 31.2. The molecule has 0 amide bonds. The second-order valence-electron chi connectivity index (χ2n) is 27.9. The molecule has 3 N–H and O–H groups in total. The van der Waals surface area contributed by atoms with Crippen molar-refractivity contribution >= 4 is 39.5 Å². The molecule has 0 saturated carbocycles. The van der Waals surface area contributed by atoms with E-state index >= 15 is 0 Å². The van der Waals surface area contributed by atoms with Gasteiger partial charge in [-0.2, -0.15) is 0 Å². The molecule has 0 rings (SSSR count). The quantitative estimate of drug-likeness (QED) is 0.0222. The van der Waals surface area contributed by atoms with E-state index < -0.39 is 97.5 Å². The van der Waals surface area contributed by atoms with E-state index in [2.05, 4.69) is 48.5 Å². The zero-order valence-electron chi connectivity index (χ0n) is 60.7. The van der Waals surface area contributed by atoms with Crippen molar-refractivity contribution in [2.24, 2.45) is 17.8 Å². The summed E-state index contributed by atoms with van der Waals surface area (Å²) in [6, 6.07) is 0. The van der Waals surface area contributed by atoms with Gasteiger partial charge in [-0.3, -0.25) is 37.3 Å². The molecule has 0 aliphatic rings. The summed E-state index contributed by atoms with van der Waals surface area (Å²) in [5, 5.41) is 10.6. The Hall–Kier alpha value is -1.94. The van der Waals surface area contributed by atoms with Crippen LogP contribution in [0.25, 0.3) is 0 Å².